The highest BCUT2D eigenvalue weighted by Crippen LogP contribution is 2.37. The molecule has 0 amide bonds. The minimum absolute atomic E-state index is 0.379. The monoisotopic (exact) mass is 301 g/mol. The van der Waals surface area contributed by atoms with Gasteiger partial charge in [-0.05, 0) is 25.5 Å². The standard InChI is InChI=1S/C17H16ClNO2/c1-3-20-16-9-14(10-19)8-15(18)17(16)21-11-13-6-4-12(2)5-7-13/h4-9H,3,11H2,1-2H3. The zero-order valence-electron chi connectivity index (χ0n) is 12.0. The van der Waals surface area contributed by atoms with E-state index in [-0.39, 0.29) is 0 Å². The summed E-state index contributed by atoms with van der Waals surface area (Å²) >= 11 is 6.18. The number of nitriles is 1. The van der Waals surface area contributed by atoms with Gasteiger partial charge in [0.2, 0.25) is 0 Å². The van der Waals surface area contributed by atoms with Crippen molar-refractivity contribution in [3.63, 3.8) is 0 Å². The fraction of sp³-hybridized carbons (Fsp3) is 0.235. The van der Waals surface area contributed by atoms with Crippen molar-refractivity contribution in [2.75, 3.05) is 6.61 Å². The van der Waals surface area contributed by atoms with Crippen molar-refractivity contribution in [1.29, 1.82) is 5.26 Å². The fourth-order valence-corrected chi connectivity index (χ4v) is 2.14. The number of halogens is 1. The van der Waals surface area contributed by atoms with E-state index in [9.17, 15) is 0 Å². The van der Waals surface area contributed by atoms with Gasteiger partial charge >= 0.3 is 0 Å². The van der Waals surface area contributed by atoms with Gasteiger partial charge in [-0.3, -0.25) is 0 Å². The summed E-state index contributed by atoms with van der Waals surface area (Å²) < 4.78 is 11.3. The fourth-order valence-electron chi connectivity index (χ4n) is 1.88. The Balaban J connectivity index is 2.22. The highest BCUT2D eigenvalue weighted by atomic mass is 35.5. The predicted molar refractivity (Wildman–Crippen MR) is 82.8 cm³/mol. The van der Waals surface area contributed by atoms with E-state index in [2.05, 4.69) is 6.07 Å². The summed E-state index contributed by atoms with van der Waals surface area (Å²) in [6.45, 7) is 4.78. The second-order valence-corrected chi connectivity index (χ2v) is 5.01. The number of hydrogen-bond acceptors (Lipinski definition) is 3. The molecular formula is C17H16ClNO2. The Morgan fingerprint density at radius 3 is 2.48 bits per heavy atom. The van der Waals surface area contributed by atoms with Crippen LogP contribution in [0.2, 0.25) is 5.02 Å². The summed E-state index contributed by atoms with van der Waals surface area (Å²) in [5, 5.41) is 9.35. The second-order valence-electron chi connectivity index (χ2n) is 4.60. The van der Waals surface area contributed by atoms with Gasteiger partial charge in [0.15, 0.2) is 11.5 Å². The summed E-state index contributed by atoms with van der Waals surface area (Å²) in [5.41, 5.74) is 2.69. The maximum Gasteiger partial charge on any atom is 0.180 e. The van der Waals surface area contributed by atoms with Crippen LogP contribution in [0, 0.1) is 18.3 Å². The summed E-state index contributed by atoms with van der Waals surface area (Å²) in [7, 11) is 0. The number of hydrogen-bond donors (Lipinski definition) is 0. The number of benzene rings is 2. The van der Waals surface area contributed by atoms with Gasteiger partial charge in [0.25, 0.3) is 0 Å². The predicted octanol–water partition coefficient (Wildman–Crippen LogP) is 4.50. The van der Waals surface area contributed by atoms with Crippen molar-refractivity contribution >= 4 is 11.6 Å². The quantitative estimate of drug-likeness (QED) is 0.816. The molecule has 0 aliphatic carbocycles. The van der Waals surface area contributed by atoms with Crippen LogP contribution in [-0.2, 0) is 6.61 Å². The van der Waals surface area contributed by atoms with Gasteiger partial charge in [0.05, 0.1) is 23.3 Å². The minimum Gasteiger partial charge on any atom is -0.490 e. The largest absolute Gasteiger partial charge is 0.490 e. The molecule has 21 heavy (non-hydrogen) atoms. The van der Waals surface area contributed by atoms with Crippen LogP contribution in [-0.4, -0.2) is 6.61 Å². The normalized spacial score (nSPS) is 10.0. The minimum atomic E-state index is 0.379. The van der Waals surface area contributed by atoms with E-state index in [0.717, 1.165) is 5.56 Å². The van der Waals surface area contributed by atoms with Gasteiger partial charge in [0.1, 0.15) is 6.61 Å². The van der Waals surface area contributed by atoms with Crippen molar-refractivity contribution in [3.8, 4) is 17.6 Å². The van der Waals surface area contributed by atoms with E-state index >= 15 is 0 Å². The van der Waals surface area contributed by atoms with E-state index in [1.807, 2.05) is 38.1 Å². The highest BCUT2D eigenvalue weighted by molar-refractivity contribution is 6.32. The molecule has 108 valence electrons. The zero-order valence-corrected chi connectivity index (χ0v) is 12.8. The van der Waals surface area contributed by atoms with Crippen molar-refractivity contribution in [2.45, 2.75) is 20.5 Å². The molecule has 0 fully saturated rings. The molecule has 0 aliphatic rings. The highest BCUT2D eigenvalue weighted by Gasteiger charge is 2.12. The summed E-state index contributed by atoms with van der Waals surface area (Å²) in [6.07, 6.45) is 0. The van der Waals surface area contributed by atoms with E-state index < -0.39 is 0 Å². The van der Waals surface area contributed by atoms with E-state index in [1.54, 1.807) is 12.1 Å². The van der Waals surface area contributed by atoms with Crippen LogP contribution in [0.15, 0.2) is 36.4 Å². The first-order valence-corrected chi connectivity index (χ1v) is 7.06. The van der Waals surface area contributed by atoms with Gasteiger partial charge < -0.3 is 9.47 Å². The molecule has 2 aromatic rings. The Labute approximate surface area is 129 Å². The van der Waals surface area contributed by atoms with Crippen LogP contribution in [0.5, 0.6) is 11.5 Å². The SMILES string of the molecule is CCOc1cc(C#N)cc(Cl)c1OCc1ccc(C)cc1. The number of aryl methyl sites for hydroxylation is 1. The molecule has 0 radical (unpaired) electrons. The van der Waals surface area contributed by atoms with Gasteiger partial charge in [-0.2, -0.15) is 5.26 Å². The lowest BCUT2D eigenvalue weighted by atomic mass is 10.2. The number of nitrogens with zero attached hydrogens (tertiary/aromatic N) is 1. The molecule has 2 rings (SSSR count). The van der Waals surface area contributed by atoms with Gasteiger partial charge in [-0.1, -0.05) is 41.4 Å². The molecule has 0 heterocycles. The number of ether oxygens (including phenoxy) is 2. The average Bonchev–Trinajstić information content (AvgIpc) is 2.48. The third kappa shape index (κ3) is 3.90. The van der Waals surface area contributed by atoms with Gasteiger partial charge in [-0.25, -0.2) is 0 Å². The molecule has 4 heteroatoms. The van der Waals surface area contributed by atoms with Crippen molar-refractivity contribution < 1.29 is 9.47 Å². The first-order valence-electron chi connectivity index (χ1n) is 6.68. The van der Waals surface area contributed by atoms with Crippen LogP contribution >= 0.6 is 11.6 Å². The maximum absolute atomic E-state index is 8.97. The molecule has 0 unspecified atom stereocenters. The summed E-state index contributed by atoms with van der Waals surface area (Å²) in [5.74, 6) is 0.965. The molecule has 0 bridgehead atoms. The lowest BCUT2D eigenvalue weighted by Gasteiger charge is -2.14. The summed E-state index contributed by atoms with van der Waals surface area (Å²) in [4.78, 5) is 0. The Morgan fingerprint density at radius 2 is 1.86 bits per heavy atom. The van der Waals surface area contributed by atoms with Gasteiger partial charge in [0, 0.05) is 6.07 Å². The van der Waals surface area contributed by atoms with E-state index in [4.69, 9.17) is 26.3 Å². The Morgan fingerprint density at radius 1 is 1.14 bits per heavy atom. The van der Waals surface area contributed by atoms with Crippen LogP contribution in [0.3, 0.4) is 0 Å². The van der Waals surface area contributed by atoms with Crippen molar-refractivity contribution in [2.24, 2.45) is 0 Å². The Hall–Kier alpha value is -2.18. The van der Waals surface area contributed by atoms with Crippen LogP contribution in [0.1, 0.15) is 23.6 Å². The van der Waals surface area contributed by atoms with E-state index in [0.29, 0.717) is 35.3 Å². The average molecular weight is 302 g/mol. The van der Waals surface area contributed by atoms with Crippen molar-refractivity contribution in [1.82, 2.24) is 0 Å². The lowest BCUT2D eigenvalue weighted by molar-refractivity contribution is 0.269. The molecule has 0 aromatic heterocycles. The zero-order chi connectivity index (χ0) is 15.2. The van der Waals surface area contributed by atoms with Crippen LogP contribution in [0.4, 0.5) is 0 Å². The molecule has 0 spiro atoms. The third-order valence-electron chi connectivity index (χ3n) is 2.94. The Bertz CT molecular complexity index is 660. The molecule has 0 aliphatic heterocycles. The first-order chi connectivity index (χ1) is 10.1. The second kappa shape index (κ2) is 7.01. The van der Waals surface area contributed by atoms with Crippen molar-refractivity contribution in [3.05, 3.63) is 58.1 Å². The topological polar surface area (TPSA) is 42.2 Å². The molecule has 0 saturated heterocycles. The van der Waals surface area contributed by atoms with E-state index in [1.165, 1.54) is 5.56 Å². The smallest absolute Gasteiger partial charge is 0.180 e. The molecular weight excluding hydrogens is 286 g/mol. The molecule has 0 saturated carbocycles. The number of rotatable bonds is 5. The Kier molecular flexibility index (Phi) is 5.08. The van der Waals surface area contributed by atoms with Gasteiger partial charge in [-0.15, -0.1) is 0 Å². The molecule has 2 aromatic carbocycles. The third-order valence-corrected chi connectivity index (χ3v) is 3.22. The molecule has 3 nitrogen and oxygen atoms in total. The molecule has 0 N–H and O–H groups in total. The lowest BCUT2D eigenvalue weighted by Crippen LogP contribution is -2.01. The maximum atomic E-state index is 8.97. The van der Waals surface area contributed by atoms with Crippen LogP contribution < -0.4 is 9.47 Å². The molecule has 0 atom stereocenters. The van der Waals surface area contributed by atoms with Crippen LogP contribution in [0.25, 0.3) is 0 Å². The first kappa shape index (κ1) is 15.2. The summed E-state index contributed by atoms with van der Waals surface area (Å²) in [6, 6.07) is 13.3.